The molecule has 1 heteroatoms. The first-order chi connectivity index (χ1) is 10.9. The molecular formula is C21H21N. The summed E-state index contributed by atoms with van der Waals surface area (Å²) in [5.74, 6) is 0. The second kappa shape index (κ2) is 6.95. The molecule has 0 bridgehead atoms. The molecule has 0 amide bonds. The summed E-state index contributed by atoms with van der Waals surface area (Å²) in [5, 5.41) is 0. The van der Waals surface area contributed by atoms with E-state index in [0.29, 0.717) is 0 Å². The Labute approximate surface area is 132 Å². The molecule has 0 atom stereocenters. The van der Waals surface area contributed by atoms with Crippen LogP contribution in [0.4, 0.5) is 17.1 Å². The Bertz CT molecular complexity index is 665. The number of hydrogen-bond acceptors (Lipinski definition) is 1. The number of hydrogen-bond donors (Lipinski definition) is 0. The van der Waals surface area contributed by atoms with Crippen LogP contribution in [0.25, 0.3) is 0 Å². The van der Waals surface area contributed by atoms with Gasteiger partial charge in [-0.2, -0.15) is 0 Å². The van der Waals surface area contributed by atoms with E-state index in [4.69, 9.17) is 0 Å². The highest BCUT2D eigenvalue weighted by Gasteiger charge is 2.11. The Morgan fingerprint density at radius 2 is 1.18 bits per heavy atom. The number of aryl methyl sites for hydroxylation is 1. The molecule has 3 aromatic carbocycles. The highest BCUT2D eigenvalue weighted by atomic mass is 15.1. The molecule has 3 aromatic rings. The molecule has 0 aliphatic carbocycles. The lowest BCUT2D eigenvalue weighted by Crippen LogP contribution is -2.09. The van der Waals surface area contributed by atoms with Gasteiger partial charge in [0.2, 0.25) is 0 Å². The molecule has 0 radical (unpaired) electrons. The van der Waals surface area contributed by atoms with Gasteiger partial charge in [-0.15, -0.1) is 0 Å². The summed E-state index contributed by atoms with van der Waals surface area (Å²) in [4.78, 5) is 2.30. The summed E-state index contributed by atoms with van der Waals surface area (Å²) in [6.45, 7) is 2.22. The van der Waals surface area contributed by atoms with Crippen LogP contribution in [-0.2, 0) is 6.42 Å². The van der Waals surface area contributed by atoms with Crippen molar-refractivity contribution in [2.24, 2.45) is 0 Å². The monoisotopic (exact) mass is 287 g/mol. The fraction of sp³-hybridized carbons (Fsp3) is 0.143. The van der Waals surface area contributed by atoms with E-state index in [0.717, 1.165) is 6.42 Å². The Morgan fingerprint density at radius 3 is 1.73 bits per heavy atom. The normalized spacial score (nSPS) is 10.4. The van der Waals surface area contributed by atoms with Crippen molar-refractivity contribution in [3.05, 3.63) is 90.5 Å². The van der Waals surface area contributed by atoms with Gasteiger partial charge < -0.3 is 4.90 Å². The Kier molecular flexibility index (Phi) is 4.55. The molecule has 0 spiro atoms. The number of anilines is 3. The van der Waals surface area contributed by atoms with E-state index < -0.39 is 0 Å². The van der Waals surface area contributed by atoms with Gasteiger partial charge in [0.25, 0.3) is 0 Å². The summed E-state index contributed by atoms with van der Waals surface area (Å²) in [5.41, 5.74) is 4.96. The van der Waals surface area contributed by atoms with Crippen molar-refractivity contribution < 1.29 is 0 Å². The van der Waals surface area contributed by atoms with Crippen molar-refractivity contribution in [1.82, 2.24) is 0 Å². The molecule has 3 rings (SSSR count). The van der Waals surface area contributed by atoms with Gasteiger partial charge in [0.05, 0.1) is 0 Å². The number of para-hydroxylation sites is 2. The first kappa shape index (κ1) is 14.4. The maximum atomic E-state index is 2.30. The highest BCUT2D eigenvalue weighted by molar-refractivity contribution is 5.76. The zero-order chi connectivity index (χ0) is 15.2. The van der Waals surface area contributed by atoms with Crippen LogP contribution >= 0.6 is 0 Å². The molecule has 0 N–H and O–H groups in total. The van der Waals surface area contributed by atoms with Gasteiger partial charge in [0.15, 0.2) is 0 Å². The minimum atomic E-state index is 1.12. The molecule has 0 aromatic heterocycles. The van der Waals surface area contributed by atoms with E-state index in [-0.39, 0.29) is 0 Å². The summed E-state index contributed by atoms with van der Waals surface area (Å²) in [6.07, 6.45) is 2.28. The topological polar surface area (TPSA) is 3.24 Å². The van der Waals surface area contributed by atoms with Crippen molar-refractivity contribution in [2.45, 2.75) is 19.8 Å². The van der Waals surface area contributed by atoms with Crippen LogP contribution in [0, 0.1) is 0 Å². The molecule has 110 valence electrons. The van der Waals surface area contributed by atoms with Crippen LogP contribution in [0.3, 0.4) is 0 Å². The lowest BCUT2D eigenvalue weighted by Gasteiger charge is -2.25. The first-order valence-corrected chi connectivity index (χ1v) is 7.87. The quantitative estimate of drug-likeness (QED) is 0.547. The molecule has 22 heavy (non-hydrogen) atoms. The average Bonchev–Trinajstić information content (AvgIpc) is 2.58. The molecular weight excluding hydrogens is 266 g/mol. The van der Waals surface area contributed by atoms with E-state index in [2.05, 4.69) is 96.8 Å². The van der Waals surface area contributed by atoms with Gasteiger partial charge in [-0.05, 0) is 48.4 Å². The summed E-state index contributed by atoms with van der Waals surface area (Å²) in [7, 11) is 0. The van der Waals surface area contributed by atoms with Crippen molar-refractivity contribution in [1.29, 1.82) is 0 Å². The predicted octanol–water partition coefficient (Wildman–Crippen LogP) is 6.11. The number of benzene rings is 3. The van der Waals surface area contributed by atoms with Crippen LogP contribution < -0.4 is 4.90 Å². The lowest BCUT2D eigenvalue weighted by molar-refractivity contribution is 0.921. The lowest BCUT2D eigenvalue weighted by atomic mass is 10.1. The van der Waals surface area contributed by atoms with E-state index in [1.165, 1.54) is 29.0 Å². The third-order valence-corrected chi connectivity index (χ3v) is 3.74. The Hall–Kier alpha value is -2.54. The molecule has 0 saturated carbocycles. The second-order valence-electron chi connectivity index (χ2n) is 5.43. The third-order valence-electron chi connectivity index (χ3n) is 3.74. The molecule has 0 aliphatic heterocycles. The van der Waals surface area contributed by atoms with Crippen LogP contribution in [0.5, 0.6) is 0 Å². The predicted molar refractivity (Wildman–Crippen MR) is 95.1 cm³/mol. The van der Waals surface area contributed by atoms with Crippen LogP contribution in [0.2, 0.25) is 0 Å². The standard InChI is InChI=1S/C21H21N/c1-2-10-18-11-9-16-21(17-18)22(19-12-5-3-6-13-19)20-14-7-4-8-15-20/h3-9,11-17H,2,10H2,1H3. The largest absolute Gasteiger partial charge is 0.310 e. The van der Waals surface area contributed by atoms with Gasteiger partial charge in [0.1, 0.15) is 0 Å². The summed E-state index contributed by atoms with van der Waals surface area (Å²) >= 11 is 0. The average molecular weight is 287 g/mol. The van der Waals surface area contributed by atoms with Gasteiger partial charge in [0, 0.05) is 17.1 Å². The molecule has 0 heterocycles. The van der Waals surface area contributed by atoms with Crippen LogP contribution in [0.15, 0.2) is 84.9 Å². The van der Waals surface area contributed by atoms with E-state index in [1.807, 2.05) is 0 Å². The summed E-state index contributed by atoms with van der Waals surface area (Å²) in [6, 6.07) is 29.9. The smallest absolute Gasteiger partial charge is 0.0464 e. The minimum absolute atomic E-state index is 1.12. The molecule has 1 nitrogen and oxygen atoms in total. The first-order valence-electron chi connectivity index (χ1n) is 7.87. The van der Waals surface area contributed by atoms with Gasteiger partial charge >= 0.3 is 0 Å². The number of rotatable bonds is 5. The van der Waals surface area contributed by atoms with Gasteiger partial charge in [-0.1, -0.05) is 61.9 Å². The minimum Gasteiger partial charge on any atom is -0.310 e. The molecule has 0 fully saturated rings. The van der Waals surface area contributed by atoms with E-state index >= 15 is 0 Å². The molecule has 0 unspecified atom stereocenters. The molecule has 0 aliphatic rings. The van der Waals surface area contributed by atoms with Crippen molar-refractivity contribution in [3.8, 4) is 0 Å². The maximum absolute atomic E-state index is 2.30. The zero-order valence-electron chi connectivity index (χ0n) is 12.9. The van der Waals surface area contributed by atoms with E-state index in [9.17, 15) is 0 Å². The SMILES string of the molecule is CCCc1cccc(N(c2ccccc2)c2ccccc2)c1. The Morgan fingerprint density at radius 1 is 0.636 bits per heavy atom. The summed E-state index contributed by atoms with van der Waals surface area (Å²) < 4.78 is 0. The fourth-order valence-electron chi connectivity index (χ4n) is 2.74. The fourth-order valence-corrected chi connectivity index (χ4v) is 2.74. The number of nitrogens with zero attached hydrogens (tertiary/aromatic N) is 1. The maximum Gasteiger partial charge on any atom is 0.0464 e. The van der Waals surface area contributed by atoms with Crippen LogP contribution in [0.1, 0.15) is 18.9 Å². The Balaban J connectivity index is 2.08. The van der Waals surface area contributed by atoms with Crippen molar-refractivity contribution >= 4 is 17.1 Å². The zero-order valence-corrected chi connectivity index (χ0v) is 12.9. The second-order valence-corrected chi connectivity index (χ2v) is 5.43. The molecule has 0 saturated heterocycles. The van der Waals surface area contributed by atoms with Gasteiger partial charge in [-0.25, -0.2) is 0 Å². The van der Waals surface area contributed by atoms with Crippen molar-refractivity contribution in [3.63, 3.8) is 0 Å². The highest BCUT2D eigenvalue weighted by Crippen LogP contribution is 2.34. The third kappa shape index (κ3) is 3.20. The van der Waals surface area contributed by atoms with Crippen LogP contribution in [-0.4, -0.2) is 0 Å². The van der Waals surface area contributed by atoms with Crippen molar-refractivity contribution in [2.75, 3.05) is 4.90 Å². The van der Waals surface area contributed by atoms with Gasteiger partial charge in [-0.3, -0.25) is 0 Å². The van der Waals surface area contributed by atoms with E-state index in [1.54, 1.807) is 0 Å².